The van der Waals surface area contributed by atoms with Crippen LogP contribution in [0.3, 0.4) is 0 Å². The quantitative estimate of drug-likeness (QED) is 0.184. The minimum Gasteiger partial charge on any atom is -0.354 e. The largest absolute Gasteiger partial charge is 0.354 e. The van der Waals surface area contributed by atoms with Crippen molar-refractivity contribution in [3.8, 4) is 0 Å². The highest BCUT2D eigenvalue weighted by Crippen LogP contribution is 2.29. The second kappa shape index (κ2) is 15.2. The Balaban J connectivity index is 1.82. The van der Waals surface area contributed by atoms with Crippen LogP contribution < -0.4 is 9.62 Å². The predicted octanol–water partition coefficient (Wildman–Crippen LogP) is 6.36. The highest BCUT2D eigenvalue weighted by atomic mass is 32.2. The third-order valence-electron chi connectivity index (χ3n) is 7.73. The van der Waals surface area contributed by atoms with Crippen LogP contribution in [0.1, 0.15) is 41.7 Å². The zero-order valence-electron chi connectivity index (χ0n) is 27.0. The molecule has 0 saturated carbocycles. The molecule has 1 atom stereocenters. The summed E-state index contributed by atoms with van der Waals surface area (Å²) in [6.45, 7) is 9.36. The van der Waals surface area contributed by atoms with Gasteiger partial charge in [-0.1, -0.05) is 91.7 Å². The summed E-state index contributed by atoms with van der Waals surface area (Å²) in [5.74, 6) is -1.18. The summed E-state index contributed by atoms with van der Waals surface area (Å²) >= 11 is 0. The number of hydrogen-bond acceptors (Lipinski definition) is 4. The first-order valence-electron chi connectivity index (χ1n) is 15.4. The van der Waals surface area contributed by atoms with Gasteiger partial charge in [0.05, 0.1) is 10.6 Å². The van der Waals surface area contributed by atoms with E-state index in [2.05, 4.69) is 5.32 Å². The van der Waals surface area contributed by atoms with Gasteiger partial charge in [-0.05, 0) is 73.7 Å². The maximum atomic E-state index is 14.5. The van der Waals surface area contributed by atoms with Gasteiger partial charge in [-0.3, -0.25) is 13.9 Å². The molecule has 0 fully saturated rings. The molecule has 0 aliphatic rings. The Morgan fingerprint density at radius 3 is 2.04 bits per heavy atom. The van der Waals surface area contributed by atoms with Gasteiger partial charge >= 0.3 is 0 Å². The molecule has 0 heterocycles. The molecule has 4 aromatic carbocycles. The average Bonchev–Trinajstić information content (AvgIpc) is 3.02. The Morgan fingerprint density at radius 1 is 0.804 bits per heavy atom. The maximum absolute atomic E-state index is 14.5. The van der Waals surface area contributed by atoms with Crippen LogP contribution in [0.15, 0.2) is 102 Å². The molecule has 242 valence electrons. The fourth-order valence-electron chi connectivity index (χ4n) is 5.20. The first-order valence-corrected chi connectivity index (χ1v) is 16.8. The summed E-state index contributed by atoms with van der Waals surface area (Å²) in [6, 6.07) is 26.0. The zero-order valence-corrected chi connectivity index (χ0v) is 27.9. The Bertz CT molecular complexity index is 1740. The molecule has 9 heteroatoms. The van der Waals surface area contributed by atoms with Gasteiger partial charge in [0.25, 0.3) is 10.0 Å². The number of nitrogens with one attached hydrogen (secondary N) is 1. The van der Waals surface area contributed by atoms with E-state index in [0.717, 1.165) is 21.0 Å². The molecule has 0 bridgehead atoms. The number of benzene rings is 4. The number of nitrogens with zero attached hydrogens (tertiary/aromatic N) is 2. The van der Waals surface area contributed by atoms with Gasteiger partial charge in [0.2, 0.25) is 11.8 Å². The van der Waals surface area contributed by atoms with Gasteiger partial charge in [-0.15, -0.1) is 0 Å². The number of sulfonamides is 1. The molecule has 0 spiro atoms. The summed E-state index contributed by atoms with van der Waals surface area (Å²) in [7, 11) is -4.20. The van der Waals surface area contributed by atoms with Gasteiger partial charge < -0.3 is 10.2 Å². The van der Waals surface area contributed by atoms with Crippen molar-refractivity contribution in [3.05, 3.63) is 131 Å². The molecule has 4 rings (SSSR count). The second-order valence-corrected chi connectivity index (χ2v) is 14.0. The topological polar surface area (TPSA) is 86.8 Å². The Hall–Kier alpha value is -4.50. The number of aryl methyl sites for hydroxylation is 3. The van der Waals surface area contributed by atoms with Gasteiger partial charge in [-0.25, -0.2) is 12.8 Å². The van der Waals surface area contributed by atoms with E-state index in [-0.39, 0.29) is 29.7 Å². The van der Waals surface area contributed by atoms with Crippen LogP contribution in [-0.2, 0) is 32.6 Å². The number of amides is 2. The van der Waals surface area contributed by atoms with Crippen LogP contribution in [-0.4, -0.2) is 44.3 Å². The molecular formula is C37H42FN3O4S. The molecule has 0 unspecified atom stereocenters. The number of hydrogen-bond donors (Lipinski definition) is 1. The van der Waals surface area contributed by atoms with Gasteiger partial charge in [-0.2, -0.15) is 0 Å². The van der Waals surface area contributed by atoms with Crippen molar-refractivity contribution in [1.29, 1.82) is 0 Å². The van der Waals surface area contributed by atoms with Crippen molar-refractivity contribution in [1.82, 2.24) is 10.2 Å². The number of anilines is 1. The lowest BCUT2D eigenvalue weighted by molar-refractivity contribution is -0.140. The van der Waals surface area contributed by atoms with Gasteiger partial charge in [0.15, 0.2) is 0 Å². The van der Waals surface area contributed by atoms with E-state index in [0.29, 0.717) is 23.4 Å². The standard InChI is InChI=1S/C37H42FN3O4S/c1-26(2)23-39-37(43)35(22-30-9-7-6-8-10-30)40(24-31-14-16-32(38)17-15-31)36(42)25-41(34-20-13-28(4)21-29(34)5)46(44,45)33-18-11-27(3)12-19-33/h6-21,26,35H,22-25H2,1-5H3,(H,39,43)/t35-/m0/s1. The van der Waals surface area contributed by atoms with E-state index in [4.69, 9.17) is 0 Å². The molecule has 46 heavy (non-hydrogen) atoms. The summed E-state index contributed by atoms with van der Waals surface area (Å²) in [5, 5.41) is 2.97. The van der Waals surface area contributed by atoms with Crippen LogP contribution in [0.5, 0.6) is 0 Å². The monoisotopic (exact) mass is 643 g/mol. The lowest BCUT2D eigenvalue weighted by Crippen LogP contribution is -2.53. The van der Waals surface area contributed by atoms with Crippen molar-refractivity contribution in [2.45, 2.75) is 58.5 Å². The zero-order chi connectivity index (χ0) is 33.4. The third kappa shape index (κ3) is 8.81. The van der Waals surface area contributed by atoms with Gasteiger partial charge in [0.1, 0.15) is 18.4 Å². The highest BCUT2D eigenvalue weighted by Gasteiger charge is 2.35. The second-order valence-electron chi connectivity index (χ2n) is 12.1. The lowest BCUT2D eigenvalue weighted by Gasteiger charge is -2.34. The molecule has 0 aromatic heterocycles. The van der Waals surface area contributed by atoms with Crippen molar-refractivity contribution < 1.29 is 22.4 Å². The average molecular weight is 644 g/mol. The molecule has 0 saturated heterocycles. The maximum Gasteiger partial charge on any atom is 0.264 e. The first-order chi connectivity index (χ1) is 21.8. The van der Waals surface area contributed by atoms with Crippen molar-refractivity contribution in [2.75, 3.05) is 17.4 Å². The molecule has 1 N–H and O–H groups in total. The van der Waals surface area contributed by atoms with Crippen molar-refractivity contribution >= 4 is 27.5 Å². The first kappa shape index (κ1) is 34.4. The minimum absolute atomic E-state index is 0.0307. The fourth-order valence-corrected chi connectivity index (χ4v) is 6.68. The molecule has 0 aliphatic carbocycles. The molecule has 0 radical (unpaired) electrons. The highest BCUT2D eigenvalue weighted by molar-refractivity contribution is 7.92. The fraction of sp³-hybridized carbons (Fsp3) is 0.297. The van der Waals surface area contributed by atoms with E-state index in [1.807, 2.05) is 64.1 Å². The predicted molar refractivity (Wildman–Crippen MR) is 180 cm³/mol. The number of halogens is 1. The summed E-state index contributed by atoms with van der Waals surface area (Å²) in [6.07, 6.45) is 0.200. The van der Waals surface area contributed by atoms with Crippen LogP contribution in [0.2, 0.25) is 0 Å². The SMILES string of the molecule is Cc1ccc(S(=O)(=O)N(CC(=O)N(Cc2ccc(F)cc2)[C@@H](Cc2ccccc2)C(=O)NCC(C)C)c2ccc(C)cc2C)cc1. The molecule has 4 aromatic rings. The van der Waals surface area contributed by atoms with Crippen LogP contribution in [0, 0.1) is 32.5 Å². The number of carbonyl (C=O) groups excluding carboxylic acids is 2. The number of rotatable bonds is 13. The Labute approximate surface area is 272 Å². The molecular weight excluding hydrogens is 601 g/mol. The summed E-state index contributed by atoms with van der Waals surface area (Å²) in [4.78, 5) is 29.9. The lowest BCUT2D eigenvalue weighted by atomic mass is 10.0. The van der Waals surface area contributed by atoms with Crippen molar-refractivity contribution in [2.24, 2.45) is 5.92 Å². The van der Waals surface area contributed by atoms with Crippen LogP contribution in [0.25, 0.3) is 0 Å². The smallest absolute Gasteiger partial charge is 0.264 e. The van der Waals surface area contributed by atoms with Gasteiger partial charge in [0, 0.05) is 19.5 Å². The molecule has 2 amide bonds. The molecule has 0 aliphatic heterocycles. The Morgan fingerprint density at radius 2 is 1.43 bits per heavy atom. The van der Waals surface area contributed by atoms with Crippen LogP contribution >= 0.6 is 0 Å². The minimum atomic E-state index is -4.20. The van der Waals surface area contributed by atoms with E-state index in [1.165, 1.54) is 29.2 Å². The van der Waals surface area contributed by atoms with E-state index >= 15 is 0 Å². The molecule has 7 nitrogen and oxygen atoms in total. The normalized spacial score (nSPS) is 12.1. The van der Waals surface area contributed by atoms with Crippen molar-refractivity contribution in [3.63, 3.8) is 0 Å². The van der Waals surface area contributed by atoms with E-state index < -0.39 is 34.3 Å². The number of carbonyl (C=O) groups is 2. The van der Waals surface area contributed by atoms with E-state index in [1.54, 1.807) is 43.3 Å². The summed E-state index contributed by atoms with van der Waals surface area (Å²) in [5.41, 5.74) is 4.33. The Kier molecular flexibility index (Phi) is 11.4. The van der Waals surface area contributed by atoms with E-state index in [9.17, 15) is 22.4 Å². The van der Waals surface area contributed by atoms with Crippen LogP contribution in [0.4, 0.5) is 10.1 Å². The summed E-state index contributed by atoms with van der Waals surface area (Å²) < 4.78 is 43.5. The third-order valence-corrected chi connectivity index (χ3v) is 9.50.